The van der Waals surface area contributed by atoms with E-state index < -0.39 is 7.26 Å². The summed E-state index contributed by atoms with van der Waals surface area (Å²) in [6.45, 7) is 2.21. The molecular weight excluding hydrogens is 592 g/mol. The Morgan fingerprint density at radius 1 is 0.722 bits per heavy atom. The number of rotatable bonds is 10. The fraction of sp³-hybridized carbons (Fsp3) is 0.129. The fourth-order valence-corrected chi connectivity index (χ4v) is 9.66. The molecule has 0 aromatic heterocycles. The summed E-state index contributed by atoms with van der Waals surface area (Å²) in [5.41, 5.74) is 1.63. The molecule has 0 aliphatic heterocycles. The minimum Gasteiger partial charge on any atom is -1.00 e. The molecule has 0 fully saturated rings. The number of hydrogen-bond acceptors (Lipinski definition) is 2. The monoisotopic (exact) mass is 623 g/mol. The molecule has 0 radical (unpaired) electrons. The van der Waals surface area contributed by atoms with Crippen LogP contribution in [0.25, 0.3) is 0 Å². The normalized spacial score (nSPS) is 11.4. The molecule has 0 bridgehead atoms. The van der Waals surface area contributed by atoms with Crippen LogP contribution in [0.4, 0.5) is 0 Å². The molecule has 4 aromatic carbocycles. The Morgan fingerprint density at radius 3 is 1.56 bits per heavy atom. The van der Waals surface area contributed by atoms with Crippen molar-refractivity contribution < 1.29 is 28.8 Å². The summed E-state index contributed by atoms with van der Waals surface area (Å²) in [6, 6.07) is 41.4. The maximum atomic E-state index is 13.5. The van der Waals surface area contributed by atoms with Crippen LogP contribution in [-0.2, 0) is 0 Å². The lowest BCUT2D eigenvalue weighted by Gasteiger charge is -2.29. The van der Waals surface area contributed by atoms with Gasteiger partial charge >= 0.3 is 0 Å². The molecule has 5 heteroatoms. The van der Waals surface area contributed by atoms with Gasteiger partial charge in [-0.25, -0.2) is 0 Å². The molecule has 184 valence electrons. The average molecular weight is 624 g/mol. The highest BCUT2D eigenvalue weighted by Gasteiger charge is 2.50. The van der Waals surface area contributed by atoms with Gasteiger partial charge in [0.2, 0.25) is 0 Å². The van der Waals surface area contributed by atoms with Gasteiger partial charge in [0.05, 0.1) is 0 Å². The van der Waals surface area contributed by atoms with Crippen molar-refractivity contribution in [2.45, 2.75) is 19.8 Å². The molecule has 2 nitrogen and oxygen atoms in total. The first kappa shape index (κ1) is 28.2. The van der Waals surface area contributed by atoms with Gasteiger partial charge in [0.1, 0.15) is 15.9 Å². The lowest BCUT2D eigenvalue weighted by molar-refractivity contribution is -0.0000151. The van der Waals surface area contributed by atoms with E-state index in [2.05, 4.69) is 109 Å². The van der Waals surface area contributed by atoms with Crippen molar-refractivity contribution in [3.8, 4) is 0 Å². The van der Waals surface area contributed by atoms with Crippen LogP contribution in [0, 0.1) is 0 Å². The lowest BCUT2D eigenvalue weighted by Crippen LogP contribution is -3.00. The summed E-state index contributed by atoms with van der Waals surface area (Å²) in [6.07, 6.45) is 2.28. The fourth-order valence-electron chi connectivity index (χ4n) is 4.16. The highest BCUT2D eigenvalue weighted by molar-refractivity contribution is 8.04. The van der Waals surface area contributed by atoms with Crippen LogP contribution < -0.4 is 45.2 Å². The zero-order chi connectivity index (χ0) is 24.3. The van der Waals surface area contributed by atoms with Crippen LogP contribution in [0.1, 0.15) is 30.1 Å². The van der Waals surface area contributed by atoms with Gasteiger partial charge in [-0.15, -0.1) is 11.8 Å². The van der Waals surface area contributed by atoms with Crippen molar-refractivity contribution >= 4 is 40.8 Å². The van der Waals surface area contributed by atoms with E-state index >= 15 is 0 Å². The molecule has 0 heterocycles. The van der Waals surface area contributed by atoms with Crippen LogP contribution in [-0.4, -0.2) is 11.7 Å². The number of thioether (sulfide) groups is 1. The zero-order valence-electron chi connectivity index (χ0n) is 20.4. The summed E-state index contributed by atoms with van der Waals surface area (Å²) in [5.74, 6) is 0.930. The second kappa shape index (κ2) is 14.4. The Kier molecular flexibility index (Phi) is 11.2. The van der Waals surface area contributed by atoms with E-state index in [4.69, 9.17) is 0 Å². The Morgan fingerprint density at radius 2 is 1.14 bits per heavy atom. The van der Waals surface area contributed by atoms with Gasteiger partial charge in [-0.05, 0) is 60.7 Å². The van der Waals surface area contributed by atoms with Gasteiger partial charge in [0, 0.05) is 11.0 Å². The van der Waals surface area contributed by atoms with Crippen molar-refractivity contribution in [2.75, 3.05) is 5.75 Å². The number of amides is 1. The van der Waals surface area contributed by atoms with Crippen LogP contribution in [0.15, 0.2) is 132 Å². The van der Waals surface area contributed by atoms with E-state index in [1.807, 2.05) is 30.3 Å². The maximum Gasteiger partial charge on any atom is 0.258 e. The lowest BCUT2D eigenvalue weighted by atomic mass is 10.2. The smallest absolute Gasteiger partial charge is 0.258 e. The highest BCUT2D eigenvalue weighted by Crippen LogP contribution is 2.61. The number of hydrogen-bond donors (Lipinski definition) is 1. The summed E-state index contributed by atoms with van der Waals surface area (Å²) < 4.78 is 0. The Hall–Kier alpha value is -2.40. The Balaban J connectivity index is 0.00000361. The molecule has 0 atom stereocenters. The quantitative estimate of drug-likeness (QED) is 0.166. The second-order valence-corrected chi connectivity index (χ2v) is 12.6. The number of carbonyl (C=O) groups is 1. The van der Waals surface area contributed by atoms with Gasteiger partial charge in [0.15, 0.2) is 12.7 Å². The molecule has 0 unspecified atom stereocenters. The van der Waals surface area contributed by atoms with Crippen molar-refractivity contribution in [1.29, 1.82) is 0 Å². The van der Waals surface area contributed by atoms with Gasteiger partial charge in [-0.2, -0.15) is 0 Å². The van der Waals surface area contributed by atoms with E-state index in [0.717, 1.165) is 24.0 Å². The van der Waals surface area contributed by atoms with Crippen LogP contribution >= 0.6 is 19.0 Å². The summed E-state index contributed by atoms with van der Waals surface area (Å²) >= 11 is 1.79. The van der Waals surface area contributed by atoms with E-state index in [9.17, 15) is 4.79 Å². The zero-order valence-corrected chi connectivity index (χ0v) is 24.3. The van der Waals surface area contributed by atoms with Crippen molar-refractivity contribution in [3.63, 3.8) is 0 Å². The minimum atomic E-state index is -2.38. The first-order valence-electron chi connectivity index (χ1n) is 12.0. The second-order valence-electron chi connectivity index (χ2n) is 8.23. The number of benzene rings is 4. The number of unbranched alkanes of at least 4 members (excludes halogenated alkanes) is 1. The molecule has 0 spiro atoms. The molecule has 1 amide bonds. The molecule has 0 saturated heterocycles. The van der Waals surface area contributed by atoms with Gasteiger partial charge in [-0.3, -0.25) is 10.1 Å². The van der Waals surface area contributed by atoms with Crippen LogP contribution in [0.3, 0.4) is 0 Å². The first-order valence-corrected chi connectivity index (χ1v) is 14.8. The van der Waals surface area contributed by atoms with Gasteiger partial charge in [0.25, 0.3) is 5.91 Å². The molecule has 0 saturated carbocycles. The third-order valence-electron chi connectivity index (χ3n) is 5.88. The third kappa shape index (κ3) is 6.47. The number of nitrogens with one attached hydrogen (secondary N) is 1. The molecule has 4 aromatic rings. The highest BCUT2D eigenvalue weighted by atomic mass is 127. The van der Waals surface area contributed by atoms with Gasteiger partial charge in [-0.1, -0.05) is 86.1 Å². The molecule has 36 heavy (non-hydrogen) atoms. The topological polar surface area (TPSA) is 29.1 Å². The molecule has 1 N–H and O–H groups in total. The van der Waals surface area contributed by atoms with Crippen molar-refractivity contribution in [1.82, 2.24) is 5.32 Å². The Bertz CT molecular complexity index is 1140. The van der Waals surface area contributed by atoms with E-state index in [0.29, 0.717) is 5.56 Å². The number of carbonyl (C=O) groups excluding carboxylic acids is 1. The summed E-state index contributed by atoms with van der Waals surface area (Å²) in [4.78, 5) is 13.5. The molecule has 4 rings (SSSR count). The largest absolute Gasteiger partial charge is 1.00 e. The Labute approximate surface area is 237 Å². The third-order valence-corrected chi connectivity index (χ3v) is 11.2. The van der Waals surface area contributed by atoms with Crippen molar-refractivity contribution in [3.05, 3.63) is 138 Å². The van der Waals surface area contributed by atoms with Gasteiger partial charge < -0.3 is 24.0 Å². The average Bonchev–Trinajstić information content (AvgIpc) is 2.93. The standard InChI is InChI=1S/C31H30NOPS.HI/c1-2-3-24-35-25-30(32-31(33)26-16-8-4-9-17-26)34(27-18-10-5-11-19-27,28-20-12-6-13-21-28)29-22-14-7-15-23-29;/h4-23,25H,2-3,24H2,1H3;1H. The SMILES string of the molecule is CCCCSC=C(NC(=O)c1ccccc1)[P+](c1ccccc1)(c1ccccc1)c1ccccc1.[I-]. The molecular formula is C31H31INOPS. The van der Waals surface area contributed by atoms with E-state index in [-0.39, 0.29) is 29.9 Å². The molecule has 0 aliphatic carbocycles. The minimum absolute atomic E-state index is 0. The number of halogens is 1. The molecule has 0 aliphatic rings. The summed E-state index contributed by atoms with van der Waals surface area (Å²) in [5, 5.41) is 9.25. The predicted octanol–water partition coefficient (Wildman–Crippen LogP) is 3.75. The van der Waals surface area contributed by atoms with Crippen LogP contribution in [0.2, 0.25) is 0 Å². The van der Waals surface area contributed by atoms with Crippen molar-refractivity contribution in [2.24, 2.45) is 0 Å². The van der Waals surface area contributed by atoms with E-state index in [1.54, 1.807) is 11.8 Å². The summed E-state index contributed by atoms with van der Waals surface area (Å²) in [7, 11) is -2.38. The maximum absolute atomic E-state index is 13.5. The predicted molar refractivity (Wildman–Crippen MR) is 155 cm³/mol. The first-order chi connectivity index (χ1) is 17.3. The van der Waals surface area contributed by atoms with E-state index in [1.165, 1.54) is 15.9 Å². The van der Waals surface area contributed by atoms with Crippen LogP contribution in [0.5, 0.6) is 0 Å².